The zero-order chi connectivity index (χ0) is 22.1. The summed E-state index contributed by atoms with van der Waals surface area (Å²) >= 11 is 0. The Balaban J connectivity index is 1.33. The lowest BCUT2D eigenvalue weighted by atomic mass is 10.1. The van der Waals surface area contributed by atoms with E-state index >= 15 is 0 Å². The molecule has 164 valence electrons. The number of hydrogen-bond donors (Lipinski definition) is 2. The molecule has 2 aliphatic rings. The second-order valence-corrected chi connectivity index (χ2v) is 7.50. The standard InChI is InChI=1S/C22H22N6O4/c1-31-15-2-3-16-14(10-15)13-28(22(16)30)19-12-25-21(32-19)20(29)26-17-11-24-5-4-18(17)27-8-6-23-7-9-27/h2-5,10-12,23H,6-9,13H2,1H3,(H,26,29). The summed E-state index contributed by atoms with van der Waals surface area (Å²) < 4.78 is 10.9. The molecule has 0 saturated carbocycles. The molecule has 0 atom stereocenters. The zero-order valence-electron chi connectivity index (χ0n) is 17.5. The average molecular weight is 434 g/mol. The van der Waals surface area contributed by atoms with Gasteiger partial charge in [-0.2, -0.15) is 0 Å². The quantitative estimate of drug-likeness (QED) is 0.626. The molecule has 0 bridgehead atoms. The predicted molar refractivity (Wildman–Crippen MR) is 117 cm³/mol. The molecule has 0 radical (unpaired) electrons. The van der Waals surface area contributed by atoms with Crippen LogP contribution in [0.25, 0.3) is 0 Å². The van der Waals surface area contributed by atoms with Gasteiger partial charge in [0.1, 0.15) is 5.75 Å². The molecule has 0 spiro atoms. The smallest absolute Gasteiger partial charge is 0.311 e. The van der Waals surface area contributed by atoms with E-state index < -0.39 is 5.91 Å². The van der Waals surface area contributed by atoms with E-state index in [1.54, 1.807) is 31.6 Å². The number of methoxy groups -OCH3 is 1. The molecule has 10 nitrogen and oxygen atoms in total. The monoisotopic (exact) mass is 434 g/mol. The number of benzene rings is 1. The number of piperazine rings is 1. The molecule has 4 heterocycles. The van der Waals surface area contributed by atoms with Crippen molar-refractivity contribution in [2.45, 2.75) is 6.54 Å². The van der Waals surface area contributed by atoms with Crippen LogP contribution in [0.2, 0.25) is 0 Å². The zero-order valence-corrected chi connectivity index (χ0v) is 17.5. The predicted octanol–water partition coefficient (Wildman–Crippen LogP) is 1.90. The van der Waals surface area contributed by atoms with Gasteiger partial charge in [0.15, 0.2) is 0 Å². The minimum Gasteiger partial charge on any atom is -0.497 e. The van der Waals surface area contributed by atoms with Gasteiger partial charge in [-0.3, -0.25) is 19.5 Å². The summed E-state index contributed by atoms with van der Waals surface area (Å²) in [5, 5.41) is 6.14. The van der Waals surface area contributed by atoms with Crippen LogP contribution in [0.1, 0.15) is 26.6 Å². The Morgan fingerprint density at radius 2 is 2.06 bits per heavy atom. The fraction of sp³-hybridized carbons (Fsp3) is 0.273. The third-order valence-corrected chi connectivity index (χ3v) is 5.57. The van der Waals surface area contributed by atoms with Crippen LogP contribution < -0.4 is 25.2 Å². The third-order valence-electron chi connectivity index (χ3n) is 5.57. The number of nitrogens with one attached hydrogen (secondary N) is 2. The first-order chi connectivity index (χ1) is 15.6. The molecule has 10 heteroatoms. The first kappa shape index (κ1) is 20.0. The molecule has 0 aliphatic carbocycles. The molecule has 3 aromatic rings. The van der Waals surface area contributed by atoms with E-state index in [4.69, 9.17) is 9.15 Å². The summed E-state index contributed by atoms with van der Waals surface area (Å²) in [7, 11) is 1.58. The number of amides is 2. The molecule has 2 amide bonds. The number of hydrogen-bond acceptors (Lipinski definition) is 8. The van der Waals surface area contributed by atoms with Crippen LogP contribution in [-0.4, -0.2) is 55.1 Å². The highest BCUT2D eigenvalue weighted by Crippen LogP contribution is 2.31. The summed E-state index contributed by atoms with van der Waals surface area (Å²) in [5.41, 5.74) is 2.87. The Labute approximate surface area is 184 Å². The maximum absolute atomic E-state index is 12.8. The molecule has 2 aromatic heterocycles. The molecule has 1 saturated heterocycles. The van der Waals surface area contributed by atoms with Crippen molar-refractivity contribution in [1.29, 1.82) is 0 Å². The lowest BCUT2D eigenvalue weighted by Gasteiger charge is -2.30. The maximum atomic E-state index is 12.8. The molecule has 0 unspecified atom stereocenters. The van der Waals surface area contributed by atoms with E-state index in [2.05, 4.69) is 25.5 Å². The molecule has 2 N–H and O–H groups in total. The van der Waals surface area contributed by atoms with Crippen LogP contribution in [0, 0.1) is 0 Å². The second kappa shape index (κ2) is 8.31. The van der Waals surface area contributed by atoms with Crippen LogP contribution in [-0.2, 0) is 6.54 Å². The van der Waals surface area contributed by atoms with E-state index in [0.29, 0.717) is 23.5 Å². The first-order valence-corrected chi connectivity index (χ1v) is 10.3. The van der Waals surface area contributed by atoms with E-state index in [9.17, 15) is 9.59 Å². The minimum atomic E-state index is -0.508. The summed E-state index contributed by atoms with van der Waals surface area (Å²) in [6.45, 7) is 3.72. The van der Waals surface area contributed by atoms with Crippen molar-refractivity contribution in [3.63, 3.8) is 0 Å². The van der Waals surface area contributed by atoms with Crippen LogP contribution in [0.15, 0.2) is 47.3 Å². The minimum absolute atomic E-state index is 0.128. The van der Waals surface area contributed by atoms with Gasteiger partial charge < -0.3 is 24.7 Å². The van der Waals surface area contributed by atoms with Crippen molar-refractivity contribution in [2.75, 3.05) is 48.4 Å². The number of pyridine rings is 1. The van der Waals surface area contributed by atoms with Gasteiger partial charge in [-0.05, 0) is 29.8 Å². The van der Waals surface area contributed by atoms with E-state index in [1.807, 2.05) is 12.1 Å². The van der Waals surface area contributed by atoms with E-state index in [1.165, 1.54) is 11.1 Å². The van der Waals surface area contributed by atoms with Crippen molar-refractivity contribution in [3.8, 4) is 5.75 Å². The SMILES string of the molecule is COc1ccc2c(c1)CN(c1cnc(C(=O)Nc3cnccc3N3CCNCC3)o1)C2=O. The molecular weight excluding hydrogens is 412 g/mol. The van der Waals surface area contributed by atoms with Crippen LogP contribution in [0.3, 0.4) is 0 Å². The number of fused-ring (bicyclic) bond motifs is 1. The van der Waals surface area contributed by atoms with Gasteiger partial charge in [0.05, 0.1) is 37.4 Å². The van der Waals surface area contributed by atoms with Gasteiger partial charge in [-0.1, -0.05) is 0 Å². The fourth-order valence-corrected chi connectivity index (χ4v) is 3.94. The Kier molecular flexibility index (Phi) is 5.20. The third kappa shape index (κ3) is 3.65. The summed E-state index contributed by atoms with van der Waals surface area (Å²) in [4.78, 5) is 37.4. The van der Waals surface area contributed by atoms with Crippen molar-refractivity contribution in [3.05, 3.63) is 59.9 Å². The Morgan fingerprint density at radius 1 is 1.22 bits per heavy atom. The summed E-state index contributed by atoms with van der Waals surface area (Å²) in [5.74, 6) is 0.0403. The molecular formula is C22H22N6O4. The number of rotatable bonds is 5. The van der Waals surface area contributed by atoms with Crippen LogP contribution >= 0.6 is 0 Å². The largest absolute Gasteiger partial charge is 0.497 e. The second-order valence-electron chi connectivity index (χ2n) is 7.50. The van der Waals surface area contributed by atoms with Crippen LogP contribution in [0.5, 0.6) is 5.75 Å². The normalized spacial score (nSPS) is 15.6. The number of nitrogens with zero attached hydrogens (tertiary/aromatic N) is 4. The molecule has 5 rings (SSSR count). The summed E-state index contributed by atoms with van der Waals surface area (Å²) in [6.07, 6.45) is 4.69. The molecule has 1 aromatic carbocycles. The Morgan fingerprint density at radius 3 is 2.88 bits per heavy atom. The lowest BCUT2D eigenvalue weighted by molar-refractivity contribution is 0.0972. The maximum Gasteiger partial charge on any atom is 0.311 e. The molecule has 2 aliphatic heterocycles. The lowest BCUT2D eigenvalue weighted by Crippen LogP contribution is -2.43. The Bertz CT molecular complexity index is 1170. The fourth-order valence-electron chi connectivity index (χ4n) is 3.94. The highest BCUT2D eigenvalue weighted by molar-refractivity contribution is 6.09. The number of ether oxygens (including phenoxy) is 1. The van der Waals surface area contributed by atoms with Gasteiger partial charge in [0.2, 0.25) is 5.88 Å². The first-order valence-electron chi connectivity index (χ1n) is 10.3. The van der Waals surface area contributed by atoms with Crippen LogP contribution in [0.4, 0.5) is 17.3 Å². The molecule has 32 heavy (non-hydrogen) atoms. The average Bonchev–Trinajstić information content (AvgIpc) is 3.45. The van der Waals surface area contributed by atoms with Gasteiger partial charge in [0.25, 0.3) is 11.8 Å². The van der Waals surface area contributed by atoms with Gasteiger partial charge in [0, 0.05) is 37.9 Å². The summed E-state index contributed by atoms with van der Waals surface area (Å²) in [6, 6.07) is 7.15. The highest BCUT2D eigenvalue weighted by Gasteiger charge is 2.32. The van der Waals surface area contributed by atoms with Crippen molar-refractivity contribution >= 4 is 29.1 Å². The number of carbonyl (C=O) groups excluding carboxylic acids is 2. The van der Waals surface area contributed by atoms with Gasteiger partial charge >= 0.3 is 5.91 Å². The van der Waals surface area contributed by atoms with Crippen molar-refractivity contribution in [2.24, 2.45) is 0 Å². The number of aromatic nitrogens is 2. The topological polar surface area (TPSA) is 113 Å². The number of oxazole rings is 1. The van der Waals surface area contributed by atoms with E-state index in [-0.39, 0.29) is 17.7 Å². The number of anilines is 3. The van der Waals surface area contributed by atoms with Gasteiger partial charge in [-0.25, -0.2) is 4.98 Å². The number of carbonyl (C=O) groups is 2. The molecule has 1 fully saturated rings. The van der Waals surface area contributed by atoms with Crippen molar-refractivity contribution in [1.82, 2.24) is 15.3 Å². The highest BCUT2D eigenvalue weighted by atomic mass is 16.5. The van der Waals surface area contributed by atoms with E-state index in [0.717, 1.165) is 37.4 Å². The van der Waals surface area contributed by atoms with Gasteiger partial charge in [-0.15, -0.1) is 0 Å². The Hall–Kier alpha value is -3.92. The van der Waals surface area contributed by atoms with Crippen molar-refractivity contribution < 1.29 is 18.7 Å².